The number of carbonyl (C=O) groups excluding carboxylic acids is 3. The Morgan fingerprint density at radius 2 is 0.674 bits per heavy atom. The zero-order valence-corrected chi connectivity index (χ0v) is 69.4. The molecule has 748 valence electrons. The van der Waals surface area contributed by atoms with Crippen molar-refractivity contribution >= 4 is 23.7 Å². The standard InChI is InChI=1S/C72H122N4O53/c1-18-22(87)7-72(71(108)109,129-55(18)36(89)23(88)8-77)113-17-32-40(93)48(101)52(105)68(122-32)124-57-28(13-82)119-64(35(45(57)98)76-21(4)86)128-61-49(102)39(92)26(11-80)116-70(61)127-60-42(95)31(16-112-66-53(106)59(126-67-51(104)47(100)38(91)25(10-79)115-67)41(94)30(120-66)15-111-65-50(103)46(99)37(90)24(9-78)114-65)121-69(54(60)107)125-58-29(14-83)118-63(34(44(58)97)75-20(3)85)123-56-27(12-81)117-62(110-6-5-73)33(43(56)96)74-19(2)84/h18,22-70,77-83,87-107H,5-17,73H2,1-4H3,(H,74,84)(H,75,85)(H,76,86)(H,108,109)/t18-,22-,23-,24?,25+,26+,27?,28?,29?,30?,31?,32?,33?,34?,35?,36-,37-,38-,39-,40+,41-,42-,43-,44-,45-,46+,47?,48+,49?,50?,51?,52?,53?,54?,55?,56-,57-,58-,59+,60+,61?,62-,63+,64+,65+,66+,67-,68+,69+,70-,72-/m1/s1. The highest BCUT2D eigenvalue weighted by atomic mass is 16.8. The zero-order chi connectivity index (χ0) is 95.1. The van der Waals surface area contributed by atoms with Crippen LogP contribution >= 0.6 is 0 Å². The van der Waals surface area contributed by atoms with Crippen LogP contribution in [0, 0.1) is 5.92 Å². The number of nitrogens with one attached hydrogen (secondary N) is 3. The topological polar surface area (TPSA) is 902 Å². The zero-order valence-electron chi connectivity index (χ0n) is 69.4. The Bertz CT molecular complexity index is 3480. The maximum Gasteiger partial charge on any atom is 0.364 e. The monoisotopic (exact) mass is 1890 g/mol. The molecule has 129 heavy (non-hydrogen) atoms. The minimum atomic E-state index is -2.94. The lowest BCUT2D eigenvalue weighted by atomic mass is 9.84. The van der Waals surface area contributed by atoms with Gasteiger partial charge in [0, 0.05) is 39.7 Å². The third-order valence-electron chi connectivity index (χ3n) is 23.8. The Hall–Kier alpha value is -4.08. The first-order chi connectivity index (χ1) is 61.0. The van der Waals surface area contributed by atoms with Crippen molar-refractivity contribution in [1.82, 2.24) is 16.0 Å². The van der Waals surface area contributed by atoms with E-state index in [0.717, 1.165) is 20.8 Å². The van der Waals surface area contributed by atoms with Crippen LogP contribution in [0.25, 0.3) is 0 Å². The average molecular weight is 1890 g/mol. The SMILES string of the molecule is CC(=O)NC1[C@H](OCCN)OC(CO)[C@@H](O[C@@H]2OC(CO)[C@@H](O[C@@H]3OC(CO[C@H]4OC(CO[C@H]5OC(CO)[C@@H](O)[C@H](O)C5O)[C@@H](O)[C@H](O[C@H]5O[C@@H](CO)[C@@H](O)C(O)C5O)C4O)[C@@H](O)[C@H](O[C@H]4O[C@@H](CO)[C@@H](O)C(O)C4O[C@@H]4OC(CO)[C@@H](O[C@@H]5OC(CO[C@]6(C(=O)O)C[C@@H](O)[C@@H](C)C([C@H](O)[C@H](O)CO)O6)[C@H](O)[C@H](O)C5O)[C@H](O)C4NC(C)=O)C3O)[C@H](O)C2NC(C)=O)[C@@H]1O. The fourth-order valence-electron chi connectivity index (χ4n) is 16.5. The van der Waals surface area contributed by atoms with Crippen LogP contribution < -0.4 is 21.7 Å². The van der Waals surface area contributed by atoms with E-state index >= 15 is 0 Å². The molecular weight excluding hydrogens is 1770 g/mol. The largest absolute Gasteiger partial charge is 0.477 e. The van der Waals surface area contributed by atoms with Crippen molar-refractivity contribution in [2.45, 2.75) is 340 Å². The summed E-state index contributed by atoms with van der Waals surface area (Å²) in [6.45, 7) is -7.35. The van der Waals surface area contributed by atoms with Crippen molar-refractivity contribution in [3.05, 3.63) is 0 Å². The second-order valence-corrected chi connectivity index (χ2v) is 32.7. The summed E-state index contributed by atoms with van der Waals surface area (Å²) in [6, 6.07) is -5.55. The number of rotatable bonds is 37. The third-order valence-corrected chi connectivity index (χ3v) is 23.8. The number of aliphatic carboxylic acids is 1. The number of carboxylic acids is 1. The molecule has 57 nitrogen and oxygen atoms in total. The second kappa shape index (κ2) is 46.8. The van der Waals surface area contributed by atoms with Crippen LogP contribution in [0.3, 0.4) is 0 Å². The summed E-state index contributed by atoms with van der Waals surface area (Å²) in [6.07, 6.45) is -99.0. The van der Waals surface area contributed by atoms with E-state index in [1.807, 2.05) is 0 Å². The second-order valence-electron chi connectivity index (χ2n) is 32.7. The number of carboxylic acid groups (broad SMARTS) is 1. The number of ether oxygens (including phenoxy) is 20. The Morgan fingerprint density at radius 3 is 1.09 bits per heavy atom. The van der Waals surface area contributed by atoms with Gasteiger partial charge in [-0.1, -0.05) is 6.92 Å². The van der Waals surface area contributed by atoms with Gasteiger partial charge in [0.15, 0.2) is 56.6 Å². The summed E-state index contributed by atoms with van der Waals surface area (Å²) in [4.78, 5) is 51.8. The number of hydrogen-bond acceptors (Lipinski definition) is 53. The van der Waals surface area contributed by atoms with Gasteiger partial charge in [0.1, 0.15) is 232 Å². The summed E-state index contributed by atoms with van der Waals surface area (Å²) < 4.78 is 118. The summed E-state index contributed by atoms with van der Waals surface area (Å²) in [5, 5.41) is 331. The van der Waals surface area contributed by atoms with Gasteiger partial charge in [0.05, 0.1) is 84.9 Å². The van der Waals surface area contributed by atoms with Gasteiger partial charge in [0.2, 0.25) is 17.7 Å². The van der Waals surface area contributed by atoms with Crippen LogP contribution in [-0.2, 0) is 114 Å². The van der Waals surface area contributed by atoms with Gasteiger partial charge in [-0.25, -0.2) is 4.79 Å². The molecule has 0 bridgehead atoms. The van der Waals surface area contributed by atoms with E-state index < -0.39 is 408 Å². The third kappa shape index (κ3) is 23.8. The van der Waals surface area contributed by atoms with E-state index in [2.05, 4.69) is 16.0 Å². The van der Waals surface area contributed by atoms with Gasteiger partial charge in [0.25, 0.3) is 5.79 Å². The summed E-state index contributed by atoms with van der Waals surface area (Å²) in [5.74, 6) is -8.77. The molecule has 0 aromatic rings. The van der Waals surface area contributed by atoms with Crippen LogP contribution in [0.15, 0.2) is 0 Å². The number of amides is 3. The van der Waals surface area contributed by atoms with E-state index in [-0.39, 0.29) is 13.2 Å². The molecule has 10 aliphatic heterocycles. The first kappa shape index (κ1) is 107. The molecule has 0 aromatic carbocycles. The summed E-state index contributed by atoms with van der Waals surface area (Å²) in [5.41, 5.74) is 5.63. The molecule has 10 saturated heterocycles. The van der Waals surface area contributed by atoms with Crippen LogP contribution in [0.2, 0.25) is 0 Å². The van der Waals surface area contributed by atoms with Crippen molar-refractivity contribution in [2.75, 3.05) is 79.2 Å². The fourth-order valence-corrected chi connectivity index (χ4v) is 16.5. The average Bonchev–Trinajstić information content (AvgIpc) is 0.764. The van der Waals surface area contributed by atoms with Crippen molar-refractivity contribution < 1.29 is 262 Å². The van der Waals surface area contributed by atoms with Crippen LogP contribution in [0.5, 0.6) is 0 Å². The van der Waals surface area contributed by atoms with E-state index in [0.29, 0.717) is 0 Å². The molecule has 0 spiro atoms. The van der Waals surface area contributed by atoms with E-state index in [4.69, 9.17) is 100 Å². The summed E-state index contributed by atoms with van der Waals surface area (Å²) in [7, 11) is 0. The smallest absolute Gasteiger partial charge is 0.364 e. The molecule has 10 aliphatic rings. The predicted molar refractivity (Wildman–Crippen MR) is 398 cm³/mol. The molecule has 10 heterocycles. The molecule has 0 radical (unpaired) electrons. The highest BCUT2D eigenvalue weighted by molar-refractivity contribution is 5.76. The highest BCUT2D eigenvalue weighted by Gasteiger charge is 2.63. The van der Waals surface area contributed by atoms with E-state index in [9.17, 15) is 167 Å². The number of hydrogen-bond donors (Lipinski definition) is 33. The molecule has 10 rings (SSSR count). The normalized spacial score (nSPS) is 48.2. The lowest BCUT2D eigenvalue weighted by molar-refractivity contribution is -0.399. The number of nitrogens with two attached hydrogens (primary N) is 1. The first-order valence-electron chi connectivity index (χ1n) is 41.3. The van der Waals surface area contributed by atoms with Crippen molar-refractivity contribution in [3.63, 3.8) is 0 Å². The molecular formula is C72H122N4O53. The maximum absolute atomic E-state index is 13.2. The molecule has 51 atom stereocenters. The molecule has 3 amide bonds. The minimum absolute atomic E-state index is 0.0916. The Kier molecular flexibility index (Phi) is 38.8. The Balaban J connectivity index is 0.965. The lowest BCUT2D eigenvalue weighted by Crippen LogP contribution is -2.71. The number of aliphatic hydroxyl groups excluding tert-OH is 28. The van der Waals surface area contributed by atoms with Crippen LogP contribution in [-0.4, -0.2) is 557 Å². The van der Waals surface area contributed by atoms with Gasteiger partial charge in [-0.2, -0.15) is 0 Å². The number of carbonyl (C=O) groups is 4. The van der Waals surface area contributed by atoms with Crippen LogP contribution in [0.4, 0.5) is 0 Å². The van der Waals surface area contributed by atoms with Crippen molar-refractivity contribution in [2.24, 2.45) is 11.7 Å². The van der Waals surface area contributed by atoms with Crippen molar-refractivity contribution in [3.8, 4) is 0 Å². The van der Waals surface area contributed by atoms with Gasteiger partial charge >= 0.3 is 5.97 Å². The Morgan fingerprint density at radius 1 is 0.357 bits per heavy atom. The van der Waals surface area contributed by atoms with Gasteiger partial charge < -0.3 is 265 Å². The molecule has 34 N–H and O–H groups in total. The van der Waals surface area contributed by atoms with E-state index in [1.54, 1.807) is 0 Å². The van der Waals surface area contributed by atoms with Gasteiger partial charge in [-0.05, 0) is 0 Å². The molecule has 0 aliphatic carbocycles. The summed E-state index contributed by atoms with van der Waals surface area (Å²) >= 11 is 0. The fraction of sp³-hybridized carbons (Fsp3) is 0.944. The lowest BCUT2D eigenvalue weighted by Gasteiger charge is -2.51. The minimum Gasteiger partial charge on any atom is -0.477 e. The number of aliphatic hydroxyl groups is 28. The first-order valence-corrected chi connectivity index (χ1v) is 41.3. The quantitative estimate of drug-likeness (QED) is 0.0275. The maximum atomic E-state index is 13.2. The Labute approximate surface area is 731 Å². The molecule has 0 aromatic heterocycles. The molecule has 10 fully saturated rings. The van der Waals surface area contributed by atoms with Crippen LogP contribution in [0.1, 0.15) is 34.1 Å². The van der Waals surface area contributed by atoms with Gasteiger partial charge in [-0.15, -0.1) is 0 Å². The highest BCUT2D eigenvalue weighted by Crippen LogP contribution is 2.42. The predicted octanol–water partition coefficient (Wildman–Crippen LogP) is -21.9. The van der Waals surface area contributed by atoms with Gasteiger partial charge in [-0.3, -0.25) is 14.4 Å². The molecule has 0 saturated carbocycles. The van der Waals surface area contributed by atoms with Crippen molar-refractivity contribution in [1.29, 1.82) is 0 Å². The molecule has 57 heteroatoms. The van der Waals surface area contributed by atoms with E-state index in [1.165, 1.54) is 6.92 Å². The molecule has 19 unspecified atom stereocenters.